The van der Waals surface area contributed by atoms with Crippen molar-refractivity contribution >= 4 is 12.9 Å². The smallest absolute Gasteiger partial charge is 0.302 e. The number of rotatable bonds is 6. The van der Waals surface area contributed by atoms with Crippen LogP contribution in [0.3, 0.4) is 0 Å². The SMILES string of the molecule is CC(C)O[P@](=O)(O[C@@H]1C[C@H](C)CC[C@H]1C(C)C)c1ccccc1. The Labute approximate surface area is 141 Å². The summed E-state index contributed by atoms with van der Waals surface area (Å²) in [6, 6.07) is 9.39. The molecule has 1 fully saturated rings. The summed E-state index contributed by atoms with van der Waals surface area (Å²) in [7, 11) is -3.30. The van der Waals surface area contributed by atoms with Crippen LogP contribution in [-0.4, -0.2) is 12.2 Å². The summed E-state index contributed by atoms with van der Waals surface area (Å²) in [5.74, 6) is 1.58. The number of benzene rings is 1. The molecular weight excluding hydrogens is 307 g/mol. The molecule has 0 N–H and O–H groups in total. The Balaban J connectivity index is 2.27. The van der Waals surface area contributed by atoms with Crippen LogP contribution in [0, 0.1) is 17.8 Å². The fourth-order valence-electron chi connectivity index (χ4n) is 3.45. The predicted octanol–water partition coefficient (Wildman–Crippen LogP) is 5.41. The van der Waals surface area contributed by atoms with Gasteiger partial charge in [-0.2, -0.15) is 0 Å². The first-order valence-corrected chi connectivity index (χ1v) is 10.4. The lowest BCUT2D eigenvalue weighted by atomic mass is 9.75. The molecule has 0 heterocycles. The molecule has 130 valence electrons. The van der Waals surface area contributed by atoms with Gasteiger partial charge in [-0.3, -0.25) is 4.57 Å². The molecule has 2 rings (SSSR count). The second kappa shape index (κ2) is 7.96. The maximum atomic E-state index is 13.5. The Morgan fingerprint density at radius 1 is 1.09 bits per heavy atom. The topological polar surface area (TPSA) is 35.5 Å². The van der Waals surface area contributed by atoms with E-state index in [0.717, 1.165) is 12.8 Å². The van der Waals surface area contributed by atoms with Crippen LogP contribution in [0.4, 0.5) is 0 Å². The second-order valence-electron chi connectivity index (χ2n) is 7.46. The minimum Gasteiger partial charge on any atom is -0.302 e. The summed E-state index contributed by atoms with van der Waals surface area (Å²) in [5, 5.41) is 0.662. The van der Waals surface area contributed by atoms with Crippen LogP contribution < -0.4 is 5.30 Å². The van der Waals surface area contributed by atoms with Gasteiger partial charge in [-0.1, -0.05) is 45.4 Å². The van der Waals surface area contributed by atoms with E-state index in [2.05, 4.69) is 20.8 Å². The molecule has 1 saturated carbocycles. The molecule has 1 aliphatic carbocycles. The summed E-state index contributed by atoms with van der Waals surface area (Å²) >= 11 is 0. The fraction of sp³-hybridized carbons (Fsp3) is 0.684. The van der Waals surface area contributed by atoms with Gasteiger partial charge in [0.1, 0.15) is 0 Å². The molecule has 1 aromatic rings. The molecular formula is C19H31O3P. The van der Waals surface area contributed by atoms with Crippen molar-refractivity contribution in [3.8, 4) is 0 Å². The Kier molecular flexibility index (Phi) is 6.48. The van der Waals surface area contributed by atoms with Gasteiger partial charge in [0, 0.05) is 0 Å². The van der Waals surface area contributed by atoms with Crippen molar-refractivity contribution in [3.63, 3.8) is 0 Å². The minimum absolute atomic E-state index is 0.00328. The summed E-state index contributed by atoms with van der Waals surface area (Å²) in [6.45, 7) is 10.5. The molecule has 0 bridgehead atoms. The highest BCUT2D eigenvalue weighted by Gasteiger charge is 2.39. The first-order chi connectivity index (χ1) is 10.8. The molecule has 1 aromatic carbocycles. The molecule has 0 unspecified atom stereocenters. The first-order valence-electron chi connectivity index (χ1n) is 8.84. The molecule has 3 nitrogen and oxygen atoms in total. The van der Waals surface area contributed by atoms with Crippen molar-refractivity contribution in [2.45, 2.75) is 66.1 Å². The van der Waals surface area contributed by atoms with Gasteiger partial charge in [-0.15, -0.1) is 0 Å². The molecule has 0 radical (unpaired) electrons. The Bertz CT molecular complexity index is 527. The lowest BCUT2D eigenvalue weighted by Gasteiger charge is -2.38. The highest BCUT2D eigenvalue weighted by molar-refractivity contribution is 7.62. The third-order valence-corrected chi connectivity index (χ3v) is 6.84. The van der Waals surface area contributed by atoms with Crippen molar-refractivity contribution < 1.29 is 13.6 Å². The summed E-state index contributed by atoms with van der Waals surface area (Å²) in [6.07, 6.45) is 3.19. The summed E-state index contributed by atoms with van der Waals surface area (Å²) < 4.78 is 25.6. The van der Waals surface area contributed by atoms with Crippen LogP contribution in [0.15, 0.2) is 30.3 Å². The van der Waals surface area contributed by atoms with Gasteiger partial charge in [-0.25, -0.2) is 0 Å². The Morgan fingerprint density at radius 2 is 1.74 bits per heavy atom. The van der Waals surface area contributed by atoms with Crippen LogP contribution in [0.1, 0.15) is 53.9 Å². The van der Waals surface area contributed by atoms with Gasteiger partial charge < -0.3 is 9.05 Å². The fourth-order valence-corrected chi connectivity index (χ4v) is 5.43. The van der Waals surface area contributed by atoms with E-state index in [0.29, 0.717) is 23.1 Å². The Morgan fingerprint density at radius 3 is 2.30 bits per heavy atom. The van der Waals surface area contributed by atoms with Crippen molar-refractivity contribution in [1.29, 1.82) is 0 Å². The average molecular weight is 338 g/mol. The monoisotopic (exact) mass is 338 g/mol. The van der Waals surface area contributed by atoms with E-state index in [1.165, 1.54) is 6.42 Å². The van der Waals surface area contributed by atoms with Gasteiger partial charge in [0.2, 0.25) is 0 Å². The summed E-state index contributed by atoms with van der Waals surface area (Å²) in [4.78, 5) is 0. The van der Waals surface area contributed by atoms with Crippen LogP contribution in [-0.2, 0) is 13.6 Å². The van der Waals surface area contributed by atoms with Crippen LogP contribution >= 0.6 is 7.60 Å². The normalized spacial score (nSPS) is 28.0. The predicted molar refractivity (Wildman–Crippen MR) is 96.1 cm³/mol. The Hall–Kier alpha value is -0.630. The zero-order valence-electron chi connectivity index (χ0n) is 15.1. The van der Waals surface area contributed by atoms with Crippen molar-refractivity contribution in [2.75, 3.05) is 0 Å². The quantitative estimate of drug-likeness (QED) is 0.651. The van der Waals surface area contributed by atoms with Crippen LogP contribution in [0.25, 0.3) is 0 Å². The van der Waals surface area contributed by atoms with E-state index in [-0.39, 0.29) is 12.2 Å². The summed E-state index contributed by atoms with van der Waals surface area (Å²) in [5.41, 5.74) is 0. The van der Waals surface area contributed by atoms with E-state index in [9.17, 15) is 4.57 Å². The van der Waals surface area contributed by atoms with Gasteiger partial charge >= 0.3 is 7.60 Å². The van der Waals surface area contributed by atoms with Gasteiger partial charge in [-0.05, 0) is 56.6 Å². The molecule has 4 heteroatoms. The van der Waals surface area contributed by atoms with Crippen LogP contribution in [0.2, 0.25) is 0 Å². The zero-order valence-corrected chi connectivity index (χ0v) is 16.0. The maximum absolute atomic E-state index is 13.5. The van der Waals surface area contributed by atoms with E-state index in [1.807, 2.05) is 44.2 Å². The lowest BCUT2D eigenvalue weighted by molar-refractivity contribution is 0.0299. The first kappa shape index (κ1) is 18.7. The average Bonchev–Trinajstić information content (AvgIpc) is 2.47. The molecule has 0 saturated heterocycles. The largest absolute Gasteiger partial charge is 0.361 e. The zero-order chi connectivity index (χ0) is 17.0. The van der Waals surface area contributed by atoms with E-state index in [4.69, 9.17) is 9.05 Å². The third kappa shape index (κ3) is 4.92. The molecule has 0 aromatic heterocycles. The molecule has 0 aliphatic heterocycles. The van der Waals surface area contributed by atoms with Gasteiger partial charge in [0.15, 0.2) is 0 Å². The standard InChI is InChI=1S/C19H31O3P/c1-14(2)18-12-11-16(5)13-19(18)22-23(20,21-15(3)4)17-9-7-6-8-10-17/h6-10,14-16,18-19H,11-13H2,1-5H3/t16-,18+,19-,23+/m1/s1. The van der Waals surface area contributed by atoms with Crippen molar-refractivity contribution in [1.82, 2.24) is 0 Å². The van der Waals surface area contributed by atoms with E-state index in [1.54, 1.807) is 0 Å². The molecule has 0 amide bonds. The van der Waals surface area contributed by atoms with Gasteiger partial charge in [0.05, 0.1) is 17.5 Å². The number of hydrogen-bond donors (Lipinski definition) is 0. The second-order valence-corrected chi connectivity index (χ2v) is 9.39. The van der Waals surface area contributed by atoms with Crippen LogP contribution in [0.5, 0.6) is 0 Å². The van der Waals surface area contributed by atoms with Gasteiger partial charge in [0.25, 0.3) is 0 Å². The van der Waals surface area contributed by atoms with Crippen molar-refractivity contribution in [2.24, 2.45) is 17.8 Å². The van der Waals surface area contributed by atoms with E-state index < -0.39 is 7.60 Å². The molecule has 1 aliphatic rings. The minimum atomic E-state index is -3.30. The molecule has 4 atom stereocenters. The maximum Gasteiger partial charge on any atom is 0.361 e. The molecule has 23 heavy (non-hydrogen) atoms. The third-order valence-electron chi connectivity index (χ3n) is 4.66. The number of hydrogen-bond acceptors (Lipinski definition) is 3. The lowest BCUT2D eigenvalue weighted by Crippen LogP contribution is -2.35. The highest BCUT2D eigenvalue weighted by Crippen LogP contribution is 2.52. The highest BCUT2D eigenvalue weighted by atomic mass is 31.2. The van der Waals surface area contributed by atoms with E-state index >= 15 is 0 Å². The molecule has 0 spiro atoms. The van der Waals surface area contributed by atoms with Crippen molar-refractivity contribution in [3.05, 3.63) is 30.3 Å².